The normalized spacial score (nSPS) is 17.8. The van der Waals surface area contributed by atoms with Crippen LogP contribution in [0.15, 0.2) is 48.0 Å². The summed E-state index contributed by atoms with van der Waals surface area (Å²) in [6.07, 6.45) is 5.00. The van der Waals surface area contributed by atoms with E-state index in [-0.39, 0.29) is 23.1 Å². The van der Waals surface area contributed by atoms with Crippen LogP contribution in [0.4, 0.5) is 4.39 Å². The Morgan fingerprint density at radius 3 is 2.38 bits per heavy atom. The molecule has 2 N–H and O–H groups in total. The maximum Gasteiger partial charge on any atom is 0.270 e. The second-order valence-corrected chi connectivity index (χ2v) is 11.0. The number of rotatable bonds is 11. The van der Waals surface area contributed by atoms with E-state index in [1.807, 2.05) is 4.72 Å². The molecular formula is C27H33FN2O6S. The number of amides is 2. The van der Waals surface area contributed by atoms with Gasteiger partial charge >= 0.3 is 0 Å². The zero-order chi connectivity index (χ0) is 27.2. The molecule has 0 radical (unpaired) electrons. The smallest absolute Gasteiger partial charge is 0.270 e. The summed E-state index contributed by atoms with van der Waals surface area (Å²) in [5.74, 6) is -1.48. The Labute approximate surface area is 217 Å². The summed E-state index contributed by atoms with van der Waals surface area (Å²) in [7, 11) is -2.42. The second kappa shape index (κ2) is 11.8. The zero-order valence-electron chi connectivity index (χ0n) is 21.5. The topological polar surface area (TPSA) is 111 Å². The van der Waals surface area contributed by atoms with Crippen molar-refractivity contribution in [3.63, 3.8) is 0 Å². The Bertz CT molecular complexity index is 1290. The van der Waals surface area contributed by atoms with Gasteiger partial charge in [0.25, 0.3) is 11.8 Å². The minimum absolute atomic E-state index is 0.0335. The molecule has 2 amide bonds. The molecule has 0 unspecified atom stereocenters. The van der Waals surface area contributed by atoms with E-state index < -0.39 is 33.2 Å². The van der Waals surface area contributed by atoms with Gasteiger partial charge in [0.15, 0.2) is 0 Å². The maximum atomic E-state index is 15.3. The Hall–Kier alpha value is -3.40. The first-order valence-electron chi connectivity index (χ1n) is 12.1. The fraction of sp³-hybridized carbons (Fsp3) is 0.407. The molecule has 0 fully saturated rings. The highest BCUT2D eigenvalue weighted by molar-refractivity contribution is 7.89. The molecule has 200 valence electrons. The van der Waals surface area contributed by atoms with Gasteiger partial charge in [-0.25, -0.2) is 17.5 Å². The summed E-state index contributed by atoms with van der Waals surface area (Å²) >= 11 is 0. The lowest BCUT2D eigenvalue weighted by Gasteiger charge is -2.37. The molecule has 1 aliphatic rings. The van der Waals surface area contributed by atoms with Crippen molar-refractivity contribution >= 4 is 27.4 Å². The average molecular weight is 533 g/mol. The summed E-state index contributed by atoms with van der Waals surface area (Å²) in [5.41, 5.74) is -0.558. The first-order valence-corrected chi connectivity index (χ1v) is 14.0. The largest absolute Gasteiger partial charge is 0.497 e. The van der Waals surface area contributed by atoms with Crippen molar-refractivity contribution in [2.45, 2.75) is 51.5 Å². The van der Waals surface area contributed by atoms with E-state index in [4.69, 9.17) is 9.47 Å². The molecule has 0 aromatic heterocycles. The van der Waals surface area contributed by atoms with Gasteiger partial charge in [0.1, 0.15) is 22.9 Å². The van der Waals surface area contributed by atoms with Crippen LogP contribution < -0.4 is 19.5 Å². The molecule has 1 atom stereocenters. The van der Waals surface area contributed by atoms with Gasteiger partial charge in [-0.3, -0.25) is 9.59 Å². The third-order valence-corrected chi connectivity index (χ3v) is 6.75. The number of sulfonamides is 1. The Morgan fingerprint density at radius 2 is 1.78 bits per heavy atom. The van der Waals surface area contributed by atoms with Crippen molar-refractivity contribution in [2.75, 3.05) is 20.0 Å². The van der Waals surface area contributed by atoms with Crippen LogP contribution in [-0.2, 0) is 25.2 Å². The molecule has 0 saturated heterocycles. The van der Waals surface area contributed by atoms with Crippen molar-refractivity contribution in [3.8, 4) is 11.5 Å². The predicted molar refractivity (Wildman–Crippen MR) is 139 cm³/mol. The van der Waals surface area contributed by atoms with Crippen LogP contribution in [0, 0.1) is 5.82 Å². The molecule has 1 heterocycles. The highest BCUT2D eigenvalue weighted by Crippen LogP contribution is 2.40. The molecule has 37 heavy (non-hydrogen) atoms. The molecule has 0 spiro atoms. The number of halogens is 1. The van der Waals surface area contributed by atoms with Crippen LogP contribution in [0.1, 0.15) is 57.1 Å². The van der Waals surface area contributed by atoms with E-state index in [1.165, 1.54) is 13.2 Å². The van der Waals surface area contributed by atoms with Crippen molar-refractivity contribution in [3.05, 3.63) is 65.0 Å². The number of unbranched alkanes of at least 4 members (excludes halogenated alkanes) is 3. The molecule has 1 aliphatic heterocycles. The minimum Gasteiger partial charge on any atom is -0.497 e. The number of carbonyl (C=O) groups excluding carboxylic acids is 2. The Kier molecular flexibility index (Phi) is 8.96. The minimum atomic E-state index is -3.93. The van der Waals surface area contributed by atoms with E-state index in [0.717, 1.165) is 31.9 Å². The SMILES string of the molecule is CCCCCCOc1ccc([C@]2(C)CC(c3ccc(OC)cc3)=C(C(=O)NS(C)(=O)=O)C(=O)N2)c(F)c1. The van der Waals surface area contributed by atoms with Crippen LogP contribution in [0.2, 0.25) is 0 Å². The standard InChI is InChI=1S/C27H33FN2O6S/c1-5-6-7-8-15-36-20-13-14-22(23(28)16-20)27(2)17-21(18-9-11-19(35-3)12-10-18)24(25(31)29-27)26(32)30-37(4,33)34/h9-14,16H,5-8,15,17H2,1-4H3,(H,29,31)(H,30,32)/t27-/m0/s1. The zero-order valence-corrected chi connectivity index (χ0v) is 22.3. The van der Waals surface area contributed by atoms with Gasteiger partial charge in [-0.15, -0.1) is 0 Å². The van der Waals surface area contributed by atoms with Crippen LogP contribution >= 0.6 is 0 Å². The van der Waals surface area contributed by atoms with Crippen LogP contribution in [0.5, 0.6) is 11.5 Å². The summed E-state index contributed by atoms with van der Waals surface area (Å²) in [6, 6.07) is 11.1. The number of ether oxygens (including phenoxy) is 2. The first kappa shape index (κ1) is 28.2. The Morgan fingerprint density at radius 1 is 1.11 bits per heavy atom. The lowest BCUT2D eigenvalue weighted by Crippen LogP contribution is -2.51. The van der Waals surface area contributed by atoms with Gasteiger partial charge < -0.3 is 14.8 Å². The van der Waals surface area contributed by atoms with Crippen LogP contribution in [0.3, 0.4) is 0 Å². The van der Waals surface area contributed by atoms with Gasteiger partial charge in [-0.05, 0) is 42.7 Å². The summed E-state index contributed by atoms with van der Waals surface area (Å²) < 4.78 is 51.5. The van der Waals surface area contributed by atoms with E-state index >= 15 is 4.39 Å². The predicted octanol–water partition coefficient (Wildman–Crippen LogP) is 4.06. The third-order valence-electron chi connectivity index (χ3n) is 6.19. The summed E-state index contributed by atoms with van der Waals surface area (Å²) in [6.45, 7) is 4.26. The molecule has 0 bridgehead atoms. The number of hydrogen-bond donors (Lipinski definition) is 2. The number of benzene rings is 2. The average Bonchev–Trinajstić information content (AvgIpc) is 2.82. The van der Waals surface area contributed by atoms with E-state index in [9.17, 15) is 18.0 Å². The highest BCUT2D eigenvalue weighted by Gasteiger charge is 2.41. The van der Waals surface area contributed by atoms with E-state index in [1.54, 1.807) is 43.3 Å². The molecule has 8 nitrogen and oxygen atoms in total. The van der Waals surface area contributed by atoms with Gasteiger partial charge in [-0.1, -0.05) is 44.4 Å². The van der Waals surface area contributed by atoms with Gasteiger partial charge in [0, 0.05) is 18.1 Å². The van der Waals surface area contributed by atoms with Gasteiger partial charge in [-0.2, -0.15) is 0 Å². The van der Waals surface area contributed by atoms with Crippen LogP contribution in [0.25, 0.3) is 5.57 Å². The third kappa shape index (κ3) is 7.09. The van der Waals surface area contributed by atoms with Crippen LogP contribution in [-0.4, -0.2) is 40.2 Å². The lowest BCUT2D eigenvalue weighted by atomic mass is 9.78. The van der Waals surface area contributed by atoms with Gasteiger partial charge in [0.2, 0.25) is 10.0 Å². The summed E-state index contributed by atoms with van der Waals surface area (Å²) in [5, 5.41) is 2.72. The molecule has 0 saturated carbocycles. The lowest BCUT2D eigenvalue weighted by molar-refractivity contribution is -0.124. The van der Waals surface area contributed by atoms with Crippen molar-refractivity contribution < 1.29 is 31.9 Å². The molecular weight excluding hydrogens is 499 g/mol. The number of hydrogen-bond acceptors (Lipinski definition) is 6. The second-order valence-electron chi connectivity index (χ2n) is 9.30. The number of nitrogens with one attached hydrogen (secondary N) is 2. The quantitative estimate of drug-likeness (QED) is 0.334. The summed E-state index contributed by atoms with van der Waals surface area (Å²) in [4.78, 5) is 26.1. The highest BCUT2D eigenvalue weighted by atomic mass is 32.2. The number of carbonyl (C=O) groups is 2. The van der Waals surface area contributed by atoms with Crippen molar-refractivity contribution in [2.24, 2.45) is 0 Å². The van der Waals surface area contributed by atoms with Crippen molar-refractivity contribution in [1.29, 1.82) is 0 Å². The van der Waals surface area contributed by atoms with E-state index in [2.05, 4.69) is 12.2 Å². The van der Waals surface area contributed by atoms with Gasteiger partial charge in [0.05, 0.1) is 25.5 Å². The molecule has 3 rings (SSSR count). The first-order chi connectivity index (χ1) is 17.5. The van der Waals surface area contributed by atoms with Crippen molar-refractivity contribution in [1.82, 2.24) is 10.0 Å². The number of methoxy groups -OCH3 is 1. The fourth-order valence-corrected chi connectivity index (χ4v) is 4.79. The molecule has 2 aromatic carbocycles. The fourth-order valence-electron chi connectivity index (χ4n) is 4.35. The van der Waals surface area contributed by atoms with E-state index in [0.29, 0.717) is 23.7 Å². The Balaban J connectivity index is 1.97. The monoisotopic (exact) mass is 532 g/mol. The molecule has 10 heteroatoms. The molecule has 0 aliphatic carbocycles. The molecule has 2 aromatic rings. The maximum absolute atomic E-state index is 15.3.